The zero-order chi connectivity index (χ0) is 16.0. The summed E-state index contributed by atoms with van der Waals surface area (Å²) in [5.41, 5.74) is 0.0184. The first kappa shape index (κ1) is 17.6. The molecule has 0 spiro atoms. The fourth-order valence-electron chi connectivity index (χ4n) is 2.39. The summed E-state index contributed by atoms with van der Waals surface area (Å²) in [6.45, 7) is 3.40. The number of thioether (sulfide) groups is 1. The largest absolute Gasteiger partial charge is 0.481 e. The van der Waals surface area contributed by atoms with Gasteiger partial charge in [-0.05, 0) is 56.6 Å². The molecule has 0 aliphatic rings. The van der Waals surface area contributed by atoms with Crippen LogP contribution >= 0.6 is 11.8 Å². The minimum absolute atomic E-state index is 0.0646. The molecule has 0 bridgehead atoms. The van der Waals surface area contributed by atoms with Crippen molar-refractivity contribution in [3.63, 3.8) is 0 Å². The third kappa shape index (κ3) is 4.77. The highest BCUT2D eigenvalue weighted by molar-refractivity contribution is 7.98. The summed E-state index contributed by atoms with van der Waals surface area (Å²) in [7, 11) is 0. The van der Waals surface area contributed by atoms with Crippen molar-refractivity contribution < 1.29 is 19.8 Å². The summed E-state index contributed by atoms with van der Waals surface area (Å²) in [5.74, 6) is -1.92. The molecule has 0 saturated heterocycles. The molecule has 5 heteroatoms. The summed E-state index contributed by atoms with van der Waals surface area (Å²) in [4.78, 5) is 23.3. The third-order valence-electron chi connectivity index (χ3n) is 3.82. The van der Waals surface area contributed by atoms with E-state index < -0.39 is 17.4 Å². The summed E-state index contributed by atoms with van der Waals surface area (Å²) in [5, 5.41) is 18.2. The Kier molecular flexibility index (Phi) is 6.27. The zero-order valence-electron chi connectivity index (χ0n) is 12.6. The lowest BCUT2D eigenvalue weighted by Gasteiger charge is -2.31. The van der Waals surface area contributed by atoms with Crippen LogP contribution in [0.15, 0.2) is 29.2 Å². The van der Waals surface area contributed by atoms with Gasteiger partial charge in [-0.25, -0.2) is 0 Å². The Morgan fingerprint density at radius 1 is 1.19 bits per heavy atom. The Bertz CT molecular complexity index is 494. The summed E-state index contributed by atoms with van der Waals surface area (Å²) in [6.07, 6.45) is 3.07. The first-order valence-corrected chi connectivity index (χ1v) is 8.10. The van der Waals surface area contributed by atoms with Crippen LogP contribution in [0, 0.1) is 5.41 Å². The van der Waals surface area contributed by atoms with Crippen molar-refractivity contribution in [3.8, 4) is 0 Å². The Morgan fingerprint density at radius 2 is 1.76 bits per heavy atom. The molecule has 0 fully saturated rings. The smallest absolute Gasteiger partial charge is 0.309 e. The van der Waals surface area contributed by atoms with E-state index in [2.05, 4.69) is 0 Å². The second kappa shape index (κ2) is 7.50. The van der Waals surface area contributed by atoms with Gasteiger partial charge in [0.1, 0.15) is 0 Å². The van der Waals surface area contributed by atoms with Gasteiger partial charge < -0.3 is 10.2 Å². The summed E-state index contributed by atoms with van der Waals surface area (Å²) >= 11 is 1.63. The fourth-order valence-corrected chi connectivity index (χ4v) is 2.80. The molecule has 0 aliphatic heterocycles. The minimum atomic E-state index is -0.931. The number of aliphatic carboxylic acids is 2. The van der Waals surface area contributed by atoms with Gasteiger partial charge in [0.15, 0.2) is 0 Å². The maximum atomic E-state index is 11.5. The highest BCUT2D eigenvalue weighted by atomic mass is 32.2. The Hall–Kier alpha value is -1.49. The van der Waals surface area contributed by atoms with Crippen LogP contribution in [0.25, 0.3) is 0 Å². The molecule has 0 saturated carbocycles. The monoisotopic (exact) mass is 310 g/mol. The second-order valence-electron chi connectivity index (χ2n) is 5.64. The molecule has 0 radical (unpaired) electrons. The molecule has 116 valence electrons. The van der Waals surface area contributed by atoms with Gasteiger partial charge in [-0.15, -0.1) is 11.8 Å². The van der Waals surface area contributed by atoms with Gasteiger partial charge in [-0.1, -0.05) is 12.1 Å². The molecular formula is C16H22O4S. The van der Waals surface area contributed by atoms with Crippen molar-refractivity contribution in [1.29, 1.82) is 0 Å². The Labute approximate surface area is 129 Å². The van der Waals surface area contributed by atoms with E-state index in [0.717, 1.165) is 10.5 Å². The SMILES string of the molecule is CSc1ccc(C(CCCC(=O)O)C(C)(C)C(=O)O)cc1. The number of rotatable bonds is 8. The average Bonchev–Trinajstić information content (AvgIpc) is 2.43. The van der Waals surface area contributed by atoms with Crippen molar-refractivity contribution in [2.75, 3.05) is 6.26 Å². The first-order chi connectivity index (χ1) is 9.78. The highest BCUT2D eigenvalue weighted by Crippen LogP contribution is 2.40. The molecule has 0 heterocycles. The maximum absolute atomic E-state index is 11.5. The normalized spacial score (nSPS) is 12.9. The lowest BCUT2D eigenvalue weighted by Crippen LogP contribution is -2.31. The van der Waals surface area contributed by atoms with E-state index in [-0.39, 0.29) is 12.3 Å². The van der Waals surface area contributed by atoms with E-state index in [1.807, 2.05) is 30.5 Å². The van der Waals surface area contributed by atoms with Gasteiger partial charge in [0.2, 0.25) is 0 Å². The minimum Gasteiger partial charge on any atom is -0.481 e. The van der Waals surface area contributed by atoms with Gasteiger partial charge in [0, 0.05) is 11.3 Å². The molecule has 1 unspecified atom stereocenters. The van der Waals surface area contributed by atoms with Gasteiger partial charge in [-0.2, -0.15) is 0 Å². The molecule has 21 heavy (non-hydrogen) atoms. The number of carboxylic acids is 2. The van der Waals surface area contributed by atoms with Crippen LogP contribution in [0.5, 0.6) is 0 Å². The van der Waals surface area contributed by atoms with Crippen LogP contribution in [0.3, 0.4) is 0 Å². The lowest BCUT2D eigenvalue weighted by molar-refractivity contribution is -0.148. The van der Waals surface area contributed by atoms with E-state index in [0.29, 0.717) is 12.8 Å². The maximum Gasteiger partial charge on any atom is 0.309 e. The van der Waals surface area contributed by atoms with Crippen LogP contribution < -0.4 is 0 Å². The number of carbonyl (C=O) groups is 2. The van der Waals surface area contributed by atoms with Gasteiger partial charge in [-0.3, -0.25) is 9.59 Å². The van der Waals surface area contributed by atoms with Crippen molar-refractivity contribution in [3.05, 3.63) is 29.8 Å². The van der Waals surface area contributed by atoms with Crippen molar-refractivity contribution >= 4 is 23.7 Å². The fraction of sp³-hybridized carbons (Fsp3) is 0.500. The van der Waals surface area contributed by atoms with E-state index in [1.165, 1.54) is 0 Å². The van der Waals surface area contributed by atoms with Gasteiger partial charge in [0.05, 0.1) is 5.41 Å². The molecule has 1 aromatic rings. The second-order valence-corrected chi connectivity index (χ2v) is 6.52. The van der Waals surface area contributed by atoms with Crippen LogP contribution in [0.2, 0.25) is 0 Å². The van der Waals surface area contributed by atoms with E-state index in [9.17, 15) is 14.7 Å². The lowest BCUT2D eigenvalue weighted by atomic mass is 9.72. The van der Waals surface area contributed by atoms with Gasteiger partial charge >= 0.3 is 11.9 Å². The van der Waals surface area contributed by atoms with E-state index in [4.69, 9.17) is 5.11 Å². The zero-order valence-corrected chi connectivity index (χ0v) is 13.4. The van der Waals surface area contributed by atoms with Crippen molar-refractivity contribution in [2.45, 2.75) is 43.9 Å². The molecule has 1 atom stereocenters. The van der Waals surface area contributed by atoms with Crippen LogP contribution in [0.1, 0.15) is 44.6 Å². The summed E-state index contributed by atoms with van der Waals surface area (Å²) < 4.78 is 0. The van der Waals surface area contributed by atoms with Crippen LogP contribution in [-0.4, -0.2) is 28.4 Å². The molecule has 0 amide bonds. The molecular weight excluding hydrogens is 288 g/mol. The number of benzene rings is 1. The number of hydrogen-bond donors (Lipinski definition) is 2. The summed E-state index contributed by atoms with van der Waals surface area (Å²) in [6, 6.07) is 7.84. The first-order valence-electron chi connectivity index (χ1n) is 6.88. The average molecular weight is 310 g/mol. The predicted octanol–water partition coefficient (Wildman–Crippen LogP) is 3.86. The van der Waals surface area contributed by atoms with E-state index >= 15 is 0 Å². The Balaban J connectivity index is 2.99. The van der Waals surface area contributed by atoms with Gasteiger partial charge in [0.25, 0.3) is 0 Å². The van der Waals surface area contributed by atoms with Crippen molar-refractivity contribution in [1.82, 2.24) is 0 Å². The number of carboxylic acid groups (broad SMARTS) is 2. The molecule has 4 nitrogen and oxygen atoms in total. The van der Waals surface area contributed by atoms with Crippen LogP contribution in [0.4, 0.5) is 0 Å². The third-order valence-corrected chi connectivity index (χ3v) is 4.57. The number of hydrogen-bond acceptors (Lipinski definition) is 3. The predicted molar refractivity (Wildman–Crippen MR) is 83.9 cm³/mol. The topological polar surface area (TPSA) is 74.6 Å². The molecule has 1 aromatic carbocycles. The molecule has 0 aliphatic carbocycles. The Morgan fingerprint density at radius 3 is 2.19 bits per heavy atom. The standard InChI is InChI=1S/C16H22O4S/c1-16(2,15(19)20)13(5-4-6-14(17)18)11-7-9-12(21-3)10-8-11/h7-10,13H,4-6H2,1-3H3,(H,17,18)(H,19,20). The molecule has 2 N–H and O–H groups in total. The molecule has 1 rings (SSSR count). The molecule has 0 aromatic heterocycles. The highest BCUT2D eigenvalue weighted by Gasteiger charge is 2.37. The van der Waals surface area contributed by atoms with Crippen molar-refractivity contribution in [2.24, 2.45) is 5.41 Å². The van der Waals surface area contributed by atoms with Crippen LogP contribution in [-0.2, 0) is 9.59 Å². The quantitative estimate of drug-likeness (QED) is 0.713. The van der Waals surface area contributed by atoms with E-state index in [1.54, 1.807) is 25.6 Å².